The fourth-order valence-corrected chi connectivity index (χ4v) is 2.16. The molecule has 0 heterocycles. The van der Waals surface area contributed by atoms with Crippen LogP contribution in [0.3, 0.4) is 0 Å². The summed E-state index contributed by atoms with van der Waals surface area (Å²) in [6.07, 6.45) is 1.40. The van der Waals surface area contributed by atoms with Crippen molar-refractivity contribution in [1.29, 1.82) is 0 Å². The number of halogens is 1. The van der Waals surface area contributed by atoms with Crippen LogP contribution in [-0.4, -0.2) is 23.0 Å². The van der Waals surface area contributed by atoms with Crippen molar-refractivity contribution < 1.29 is 14.7 Å². The van der Waals surface area contributed by atoms with Crippen molar-refractivity contribution in [2.75, 3.05) is 0 Å². The summed E-state index contributed by atoms with van der Waals surface area (Å²) < 4.78 is 0. The second-order valence-electron chi connectivity index (χ2n) is 4.52. The molecule has 0 aliphatic carbocycles. The molecule has 0 aliphatic heterocycles. The van der Waals surface area contributed by atoms with Gasteiger partial charge in [-0.15, -0.1) is 0 Å². The van der Waals surface area contributed by atoms with Crippen LogP contribution in [0.5, 0.6) is 0 Å². The van der Waals surface area contributed by atoms with Gasteiger partial charge in [0.15, 0.2) is 0 Å². The maximum absolute atomic E-state index is 12.1. The van der Waals surface area contributed by atoms with Gasteiger partial charge in [0, 0.05) is 16.6 Å². The molecule has 1 unspecified atom stereocenters. The molecule has 0 spiro atoms. The molecule has 1 rings (SSSR count). The monoisotopic (exact) mass is 283 g/mol. The van der Waals surface area contributed by atoms with E-state index in [2.05, 4.69) is 5.32 Å². The number of carbonyl (C=O) groups excluding carboxylic acids is 1. The molecule has 104 valence electrons. The Morgan fingerprint density at radius 3 is 2.63 bits per heavy atom. The number of aliphatic carboxylic acids is 1. The highest BCUT2D eigenvalue weighted by atomic mass is 35.5. The van der Waals surface area contributed by atoms with E-state index < -0.39 is 5.97 Å². The van der Waals surface area contributed by atoms with Gasteiger partial charge in [-0.05, 0) is 37.1 Å². The number of amides is 1. The number of aryl methyl sites for hydroxylation is 1. The highest BCUT2D eigenvalue weighted by Crippen LogP contribution is 2.15. The Bertz CT molecular complexity index is 474. The quantitative estimate of drug-likeness (QED) is 0.843. The maximum atomic E-state index is 12.1. The average Bonchev–Trinajstić information content (AvgIpc) is 2.27. The first-order valence-corrected chi connectivity index (χ1v) is 6.60. The van der Waals surface area contributed by atoms with Crippen LogP contribution in [0.25, 0.3) is 0 Å². The summed E-state index contributed by atoms with van der Waals surface area (Å²) in [4.78, 5) is 22.8. The highest BCUT2D eigenvalue weighted by Gasteiger charge is 2.17. The van der Waals surface area contributed by atoms with Gasteiger partial charge < -0.3 is 10.4 Å². The van der Waals surface area contributed by atoms with E-state index in [9.17, 15) is 9.59 Å². The van der Waals surface area contributed by atoms with Crippen molar-refractivity contribution in [1.82, 2.24) is 5.32 Å². The van der Waals surface area contributed by atoms with E-state index in [-0.39, 0.29) is 18.4 Å². The van der Waals surface area contributed by atoms with Crippen molar-refractivity contribution in [3.05, 3.63) is 34.3 Å². The number of hydrogen-bond donors (Lipinski definition) is 2. The highest BCUT2D eigenvalue weighted by molar-refractivity contribution is 6.30. The van der Waals surface area contributed by atoms with Gasteiger partial charge in [-0.1, -0.05) is 24.9 Å². The average molecular weight is 284 g/mol. The van der Waals surface area contributed by atoms with Gasteiger partial charge in [-0.3, -0.25) is 9.59 Å². The molecular formula is C14H18ClNO3. The molecule has 4 nitrogen and oxygen atoms in total. The van der Waals surface area contributed by atoms with Gasteiger partial charge in [-0.2, -0.15) is 0 Å². The smallest absolute Gasteiger partial charge is 0.305 e. The van der Waals surface area contributed by atoms with Crippen LogP contribution in [0.15, 0.2) is 18.2 Å². The lowest BCUT2D eigenvalue weighted by Gasteiger charge is -2.17. The minimum absolute atomic E-state index is 0.0633. The first-order valence-electron chi connectivity index (χ1n) is 6.22. The lowest BCUT2D eigenvalue weighted by Crippen LogP contribution is -2.36. The summed E-state index contributed by atoms with van der Waals surface area (Å²) >= 11 is 5.84. The normalized spacial score (nSPS) is 11.9. The molecule has 5 heteroatoms. The van der Waals surface area contributed by atoms with Crippen molar-refractivity contribution >= 4 is 23.5 Å². The van der Waals surface area contributed by atoms with Crippen molar-refractivity contribution in [3.63, 3.8) is 0 Å². The van der Waals surface area contributed by atoms with E-state index in [0.717, 1.165) is 12.0 Å². The van der Waals surface area contributed by atoms with Crippen molar-refractivity contribution in [2.45, 2.75) is 39.2 Å². The number of carboxylic acids is 1. The summed E-state index contributed by atoms with van der Waals surface area (Å²) in [6.45, 7) is 3.75. The van der Waals surface area contributed by atoms with Crippen molar-refractivity contribution in [2.24, 2.45) is 0 Å². The molecule has 2 N–H and O–H groups in total. The van der Waals surface area contributed by atoms with Gasteiger partial charge >= 0.3 is 5.97 Å². The molecule has 0 saturated heterocycles. The van der Waals surface area contributed by atoms with E-state index in [1.54, 1.807) is 25.1 Å². The van der Waals surface area contributed by atoms with Crippen LogP contribution in [0.2, 0.25) is 5.02 Å². The van der Waals surface area contributed by atoms with Gasteiger partial charge in [0.1, 0.15) is 0 Å². The first-order chi connectivity index (χ1) is 8.93. The van der Waals surface area contributed by atoms with Crippen LogP contribution in [0.4, 0.5) is 0 Å². The van der Waals surface area contributed by atoms with E-state index in [1.807, 2.05) is 6.92 Å². The van der Waals surface area contributed by atoms with E-state index >= 15 is 0 Å². The van der Waals surface area contributed by atoms with Gasteiger partial charge in [-0.25, -0.2) is 0 Å². The summed E-state index contributed by atoms with van der Waals surface area (Å²) in [7, 11) is 0. The van der Waals surface area contributed by atoms with Crippen LogP contribution in [-0.2, 0) is 4.79 Å². The summed E-state index contributed by atoms with van der Waals surface area (Å²) in [5, 5.41) is 12.2. The van der Waals surface area contributed by atoms with Crippen LogP contribution in [0, 0.1) is 6.92 Å². The third-order valence-corrected chi connectivity index (χ3v) is 3.06. The third kappa shape index (κ3) is 4.91. The minimum Gasteiger partial charge on any atom is -0.481 e. The SMILES string of the molecule is CCCC(CC(=O)O)NC(=O)c1ccc(Cl)cc1C. The summed E-state index contributed by atoms with van der Waals surface area (Å²) in [6, 6.07) is 4.67. The lowest BCUT2D eigenvalue weighted by molar-refractivity contribution is -0.137. The Hall–Kier alpha value is -1.55. The Labute approximate surface area is 117 Å². The van der Waals surface area contributed by atoms with Gasteiger partial charge in [0.2, 0.25) is 0 Å². The Balaban J connectivity index is 2.78. The van der Waals surface area contributed by atoms with Gasteiger partial charge in [0.25, 0.3) is 5.91 Å². The second kappa shape index (κ2) is 7.14. The zero-order valence-electron chi connectivity index (χ0n) is 11.1. The predicted molar refractivity (Wildman–Crippen MR) is 74.6 cm³/mol. The van der Waals surface area contributed by atoms with Crippen molar-refractivity contribution in [3.8, 4) is 0 Å². The topological polar surface area (TPSA) is 66.4 Å². The summed E-state index contributed by atoms with van der Waals surface area (Å²) in [5.41, 5.74) is 1.30. The molecule has 1 aromatic rings. The lowest BCUT2D eigenvalue weighted by atomic mass is 10.1. The molecule has 0 aliphatic rings. The van der Waals surface area contributed by atoms with Crippen LogP contribution < -0.4 is 5.32 Å². The minimum atomic E-state index is -0.911. The molecule has 19 heavy (non-hydrogen) atoms. The van der Waals surface area contributed by atoms with Crippen LogP contribution in [0.1, 0.15) is 42.1 Å². The maximum Gasteiger partial charge on any atom is 0.305 e. The Kier molecular flexibility index (Phi) is 5.83. The predicted octanol–water partition coefficient (Wildman–Crippen LogP) is 3.02. The molecule has 1 aromatic carbocycles. The van der Waals surface area contributed by atoms with E-state index in [4.69, 9.17) is 16.7 Å². The standard InChI is InChI=1S/C14H18ClNO3/c1-3-4-11(8-13(17)18)16-14(19)12-6-5-10(15)7-9(12)2/h5-7,11H,3-4,8H2,1-2H3,(H,16,19)(H,17,18). The zero-order valence-corrected chi connectivity index (χ0v) is 11.8. The number of rotatable bonds is 6. The molecule has 0 bridgehead atoms. The molecule has 0 fully saturated rings. The number of hydrogen-bond acceptors (Lipinski definition) is 2. The number of carboxylic acid groups (broad SMARTS) is 1. The fraction of sp³-hybridized carbons (Fsp3) is 0.429. The third-order valence-electron chi connectivity index (χ3n) is 2.83. The molecule has 0 aromatic heterocycles. The molecule has 0 saturated carbocycles. The Morgan fingerprint density at radius 1 is 1.42 bits per heavy atom. The second-order valence-corrected chi connectivity index (χ2v) is 4.95. The van der Waals surface area contributed by atoms with Gasteiger partial charge in [0.05, 0.1) is 6.42 Å². The number of nitrogens with one attached hydrogen (secondary N) is 1. The Morgan fingerprint density at radius 2 is 2.11 bits per heavy atom. The molecular weight excluding hydrogens is 266 g/mol. The largest absolute Gasteiger partial charge is 0.481 e. The fourth-order valence-electron chi connectivity index (χ4n) is 1.93. The first kappa shape index (κ1) is 15.5. The number of benzene rings is 1. The molecule has 1 atom stereocenters. The van der Waals surface area contributed by atoms with E-state index in [1.165, 1.54) is 0 Å². The summed E-state index contributed by atoms with van der Waals surface area (Å²) in [5.74, 6) is -1.17. The number of carbonyl (C=O) groups is 2. The molecule has 0 radical (unpaired) electrons. The van der Waals surface area contributed by atoms with E-state index in [0.29, 0.717) is 17.0 Å². The zero-order chi connectivity index (χ0) is 14.4. The van der Waals surface area contributed by atoms with Crippen LogP contribution >= 0.6 is 11.6 Å². The molecule has 1 amide bonds.